The molecule has 3 nitrogen and oxygen atoms in total. The van der Waals surface area contributed by atoms with Gasteiger partial charge in [0.15, 0.2) is 0 Å². The number of hydrogen-bond donors (Lipinski definition) is 1. The van der Waals surface area contributed by atoms with Gasteiger partial charge in [0.25, 0.3) is 0 Å². The lowest BCUT2D eigenvalue weighted by Gasteiger charge is -2.39. The van der Waals surface area contributed by atoms with Crippen molar-refractivity contribution in [1.29, 1.82) is 0 Å². The lowest BCUT2D eigenvalue weighted by Crippen LogP contribution is -2.44. The molecule has 112 valence electrons. The Morgan fingerprint density at radius 1 is 1.45 bits per heavy atom. The topological polar surface area (TPSA) is 32.7 Å². The van der Waals surface area contributed by atoms with Crippen LogP contribution in [0.2, 0.25) is 0 Å². The smallest absolute Gasteiger partial charge is 0.119 e. The van der Waals surface area contributed by atoms with Crippen molar-refractivity contribution in [1.82, 2.24) is 4.90 Å². The molecule has 0 bridgehead atoms. The van der Waals surface area contributed by atoms with Crippen LogP contribution in [0.1, 0.15) is 50.3 Å². The Labute approximate surface area is 122 Å². The second-order valence-corrected chi connectivity index (χ2v) is 5.92. The SMILES string of the molecule is CCCC(C)N(C)C1CCc2cc(OC)ccc2C1O. The van der Waals surface area contributed by atoms with E-state index in [1.807, 2.05) is 12.1 Å². The summed E-state index contributed by atoms with van der Waals surface area (Å²) in [5.41, 5.74) is 2.29. The zero-order valence-corrected chi connectivity index (χ0v) is 13.1. The fourth-order valence-electron chi connectivity index (χ4n) is 3.26. The van der Waals surface area contributed by atoms with E-state index in [1.165, 1.54) is 18.4 Å². The highest BCUT2D eigenvalue weighted by molar-refractivity contribution is 5.39. The first-order valence-corrected chi connectivity index (χ1v) is 7.65. The number of rotatable bonds is 5. The van der Waals surface area contributed by atoms with Gasteiger partial charge in [-0.15, -0.1) is 0 Å². The number of nitrogens with zero attached hydrogens (tertiary/aromatic N) is 1. The molecule has 0 heterocycles. The minimum Gasteiger partial charge on any atom is -0.497 e. The summed E-state index contributed by atoms with van der Waals surface area (Å²) in [6.07, 6.45) is 3.98. The van der Waals surface area contributed by atoms with Crippen LogP contribution in [0.15, 0.2) is 18.2 Å². The van der Waals surface area contributed by atoms with Crippen LogP contribution in [0.4, 0.5) is 0 Å². The second-order valence-electron chi connectivity index (χ2n) is 5.92. The van der Waals surface area contributed by atoms with E-state index in [2.05, 4.69) is 31.9 Å². The minimum atomic E-state index is -0.394. The summed E-state index contributed by atoms with van der Waals surface area (Å²) in [5.74, 6) is 0.877. The first-order chi connectivity index (χ1) is 9.58. The number of aliphatic hydroxyl groups excluding tert-OH is 1. The predicted molar refractivity (Wildman–Crippen MR) is 82.2 cm³/mol. The number of benzene rings is 1. The Hall–Kier alpha value is -1.06. The van der Waals surface area contributed by atoms with E-state index >= 15 is 0 Å². The van der Waals surface area contributed by atoms with Crippen molar-refractivity contribution in [3.05, 3.63) is 29.3 Å². The summed E-state index contributed by atoms with van der Waals surface area (Å²) >= 11 is 0. The van der Waals surface area contributed by atoms with Gasteiger partial charge >= 0.3 is 0 Å². The van der Waals surface area contributed by atoms with Gasteiger partial charge in [0, 0.05) is 12.1 Å². The summed E-state index contributed by atoms with van der Waals surface area (Å²) in [5, 5.41) is 10.7. The number of methoxy groups -OCH3 is 1. The van der Waals surface area contributed by atoms with Crippen molar-refractivity contribution in [2.75, 3.05) is 14.2 Å². The molecule has 3 unspecified atom stereocenters. The first-order valence-electron chi connectivity index (χ1n) is 7.65. The lowest BCUT2D eigenvalue weighted by atomic mass is 9.84. The van der Waals surface area contributed by atoms with Crippen molar-refractivity contribution in [3.63, 3.8) is 0 Å². The molecule has 0 spiro atoms. The van der Waals surface area contributed by atoms with Gasteiger partial charge in [0.1, 0.15) is 5.75 Å². The number of aliphatic hydroxyl groups is 1. The quantitative estimate of drug-likeness (QED) is 0.897. The van der Waals surface area contributed by atoms with Gasteiger partial charge in [0.2, 0.25) is 0 Å². The van der Waals surface area contributed by atoms with Gasteiger partial charge < -0.3 is 9.84 Å². The van der Waals surface area contributed by atoms with Gasteiger partial charge in [-0.2, -0.15) is 0 Å². The summed E-state index contributed by atoms with van der Waals surface area (Å²) in [4.78, 5) is 2.35. The van der Waals surface area contributed by atoms with Crippen LogP contribution in [0.5, 0.6) is 5.75 Å². The van der Waals surface area contributed by atoms with Crippen molar-refractivity contribution >= 4 is 0 Å². The van der Waals surface area contributed by atoms with Crippen LogP contribution in [-0.4, -0.2) is 36.2 Å². The summed E-state index contributed by atoms with van der Waals surface area (Å²) in [6, 6.07) is 6.75. The van der Waals surface area contributed by atoms with E-state index in [4.69, 9.17) is 4.74 Å². The molecule has 0 fully saturated rings. The molecule has 0 amide bonds. The lowest BCUT2D eigenvalue weighted by molar-refractivity contribution is 0.0295. The fraction of sp³-hybridized carbons (Fsp3) is 0.647. The van der Waals surface area contributed by atoms with Gasteiger partial charge in [-0.1, -0.05) is 19.4 Å². The largest absolute Gasteiger partial charge is 0.497 e. The van der Waals surface area contributed by atoms with E-state index in [9.17, 15) is 5.11 Å². The molecule has 1 N–H and O–H groups in total. The average Bonchev–Trinajstić information content (AvgIpc) is 2.46. The van der Waals surface area contributed by atoms with E-state index < -0.39 is 6.10 Å². The Bertz CT molecular complexity index is 447. The molecular weight excluding hydrogens is 250 g/mol. The third-order valence-electron chi connectivity index (χ3n) is 4.67. The standard InChI is InChI=1S/C17H27NO2/c1-5-6-12(2)18(3)16-10-7-13-11-14(20-4)8-9-15(13)17(16)19/h8-9,11-12,16-17,19H,5-7,10H2,1-4H3. The molecule has 0 aliphatic heterocycles. The van der Waals surface area contributed by atoms with Crippen molar-refractivity contribution in [3.8, 4) is 5.75 Å². The Kier molecular flexibility index (Phi) is 5.06. The summed E-state index contributed by atoms with van der Waals surface area (Å²) in [7, 11) is 3.83. The van der Waals surface area contributed by atoms with Crippen LogP contribution in [0.25, 0.3) is 0 Å². The summed E-state index contributed by atoms with van der Waals surface area (Å²) in [6.45, 7) is 4.46. The van der Waals surface area contributed by atoms with E-state index in [0.29, 0.717) is 6.04 Å². The Morgan fingerprint density at radius 2 is 2.20 bits per heavy atom. The minimum absolute atomic E-state index is 0.220. The van der Waals surface area contributed by atoms with Crippen LogP contribution < -0.4 is 4.74 Å². The molecule has 20 heavy (non-hydrogen) atoms. The van der Waals surface area contributed by atoms with Gasteiger partial charge in [0.05, 0.1) is 13.2 Å². The maximum absolute atomic E-state index is 10.7. The normalized spacial score (nSPS) is 23.5. The monoisotopic (exact) mass is 277 g/mol. The van der Waals surface area contributed by atoms with E-state index in [1.54, 1.807) is 7.11 Å². The van der Waals surface area contributed by atoms with Gasteiger partial charge in [-0.05, 0) is 56.5 Å². The average molecular weight is 277 g/mol. The molecule has 3 heteroatoms. The highest BCUT2D eigenvalue weighted by Crippen LogP contribution is 2.35. The molecule has 1 aliphatic carbocycles. The highest BCUT2D eigenvalue weighted by atomic mass is 16.5. The van der Waals surface area contributed by atoms with Gasteiger partial charge in [-0.3, -0.25) is 4.90 Å². The van der Waals surface area contributed by atoms with Crippen LogP contribution in [0, 0.1) is 0 Å². The van der Waals surface area contributed by atoms with Crippen molar-refractivity contribution in [2.24, 2.45) is 0 Å². The summed E-state index contributed by atoms with van der Waals surface area (Å²) < 4.78 is 5.27. The van der Waals surface area contributed by atoms with Crippen LogP contribution in [-0.2, 0) is 6.42 Å². The zero-order chi connectivity index (χ0) is 14.7. The number of likely N-dealkylation sites (N-methyl/N-ethyl adjacent to an activating group) is 1. The van der Waals surface area contributed by atoms with Gasteiger partial charge in [-0.25, -0.2) is 0 Å². The zero-order valence-electron chi connectivity index (χ0n) is 13.1. The molecule has 0 saturated carbocycles. The molecule has 0 aromatic heterocycles. The van der Waals surface area contributed by atoms with Crippen molar-refractivity contribution in [2.45, 2.75) is 57.7 Å². The number of hydrogen-bond acceptors (Lipinski definition) is 3. The molecule has 1 aliphatic rings. The van der Waals surface area contributed by atoms with Crippen molar-refractivity contribution < 1.29 is 9.84 Å². The van der Waals surface area contributed by atoms with Crippen LogP contribution >= 0.6 is 0 Å². The molecule has 0 saturated heterocycles. The fourth-order valence-corrected chi connectivity index (χ4v) is 3.26. The maximum atomic E-state index is 10.7. The number of fused-ring (bicyclic) bond motifs is 1. The molecular formula is C17H27NO2. The highest BCUT2D eigenvalue weighted by Gasteiger charge is 2.32. The molecule has 2 rings (SSSR count). The van der Waals surface area contributed by atoms with E-state index in [-0.39, 0.29) is 6.04 Å². The second kappa shape index (κ2) is 6.59. The predicted octanol–water partition coefficient (Wildman–Crippen LogP) is 3.16. The van der Waals surface area contributed by atoms with E-state index in [0.717, 1.165) is 24.2 Å². The third kappa shape index (κ3) is 2.99. The maximum Gasteiger partial charge on any atom is 0.119 e. The molecule has 0 radical (unpaired) electrons. The Morgan fingerprint density at radius 3 is 2.85 bits per heavy atom. The molecule has 1 aromatic rings. The Balaban J connectivity index is 2.16. The number of aryl methyl sites for hydroxylation is 1. The third-order valence-corrected chi connectivity index (χ3v) is 4.67. The molecule has 3 atom stereocenters. The first kappa shape index (κ1) is 15.3. The van der Waals surface area contributed by atoms with Crippen LogP contribution in [0.3, 0.4) is 0 Å². The molecule has 1 aromatic carbocycles. The number of ether oxygens (including phenoxy) is 1.